The Hall–Kier alpha value is -1.88. The smallest absolute Gasteiger partial charge is 0.317 e. The van der Waals surface area contributed by atoms with Crippen LogP contribution in [0.5, 0.6) is 0 Å². The van der Waals surface area contributed by atoms with E-state index >= 15 is 0 Å². The molecule has 0 spiro atoms. The van der Waals surface area contributed by atoms with Gasteiger partial charge >= 0.3 is 5.97 Å². The lowest BCUT2D eigenvalue weighted by atomic mass is 9.79. The first-order valence-corrected chi connectivity index (χ1v) is 9.12. The van der Waals surface area contributed by atoms with E-state index in [1.54, 1.807) is 0 Å². The van der Waals surface area contributed by atoms with Crippen LogP contribution in [0.1, 0.15) is 56.8 Å². The largest absolute Gasteiger partial charge is 0.455 e. The van der Waals surface area contributed by atoms with Crippen LogP contribution in [0.3, 0.4) is 0 Å². The first-order chi connectivity index (χ1) is 12.0. The molecule has 0 bridgehead atoms. The van der Waals surface area contributed by atoms with E-state index in [9.17, 15) is 4.79 Å². The number of carbonyl (C=O) groups excluding carboxylic acids is 1. The summed E-state index contributed by atoms with van der Waals surface area (Å²) in [6.45, 7) is 4.19. The maximum absolute atomic E-state index is 12.9. The summed E-state index contributed by atoms with van der Waals surface area (Å²) in [7, 11) is 0. The van der Waals surface area contributed by atoms with Gasteiger partial charge in [0.15, 0.2) is 12.4 Å². The van der Waals surface area contributed by atoms with Gasteiger partial charge in [0.1, 0.15) is 0 Å². The fourth-order valence-electron chi connectivity index (χ4n) is 3.42. The van der Waals surface area contributed by atoms with E-state index in [0.29, 0.717) is 22.7 Å². The molecular formula is C19H23ClN2O3. The van der Waals surface area contributed by atoms with Crippen molar-refractivity contribution in [1.29, 1.82) is 0 Å². The summed E-state index contributed by atoms with van der Waals surface area (Å²) in [5, 5.41) is 4.59. The Kier molecular flexibility index (Phi) is 5.42. The standard InChI is InChI=1S/C19H23ClN2O3/c1-13(2)11-16-21-17(25-22-16)12-24-18(23)19(9-3-4-10-19)14-5-7-15(20)8-6-14/h5-8,13H,3-4,9-12H2,1-2H3. The molecule has 0 unspecified atom stereocenters. The van der Waals surface area contributed by atoms with Crippen molar-refractivity contribution in [3.8, 4) is 0 Å². The molecule has 6 heteroatoms. The molecule has 0 radical (unpaired) electrons. The molecule has 0 saturated heterocycles. The van der Waals surface area contributed by atoms with Gasteiger partial charge in [-0.3, -0.25) is 4.79 Å². The molecule has 0 amide bonds. The lowest BCUT2D eigenvalue weighted by molar-refractivity contribution is -0.152. The predicted molar refractivity (Wildman–Crippen MR) is 94.2 cm³/mol. The van der Waals surface area contributed by atoms with Crippen molar-refractivity contribution in [3.63, 3.8) is 0 Å². The maximum atomic E-state index is 12.9. The number of carbonyl (C=O) groups is 1. The summed E-state index contributed by atoms with van der Waals surface area (Å²) in [5.74, 6) is 1.21. The zero-order valence-electron chi connectivity index (χ0n) is 14.6. The fourth-order valence-corrected chi connectivity index (χ4v) is 3.55. The van der Waals surface area contributed by atoms with Crippen LogP contribution in [0, 0.1) is 5.92 Å². The van der Waals surface area contributed by atoms with Gasteiger partial charge in [-0.2, -0.15) is 4.98 Å². The van der Waals surface area contributed by atoms with Crippen LogP contribution in [0.25, 0.3) is 0 Å². The third-order valence-corrected chi connectivity index (χ3v) is 4.92. The van der Waals surface area contributed by atoms with Gasteiger partial charge in [-0.05, 0) is 36.5 Å². The van der Waals surface area contributed by atoms with E-state index in [2.05, 4.69) is 24.0 Å². The predicted octanol–water partition coefficient (Wildman–Crippen LogP) is 4.48. The third-order valence-electron chi connectivity index (χ3n) is 4.67. The highest BCUT2D eigenvalue weighted by Crippen LogP contribution is 2.42. The molecule has 1 aromatic heterocycles. The number of aromatic nitrogens is 2. The molecule has 134 valence electrons. The van der Waals surface area contributed by atoms with Gasteiger partial charge in [-0.25, -0.2) is 0 Å². The van der Waals surface area contributed by atoms with Crippen LogP contribution in [0.4, 0.5) is 0 Å². The molecule has 0 atom stereocenters. The number of esters is 1. The van der Waals surface area contributed by atoms with Crippen LogP contribution in [0.15, 0.2) is 28.8 Å². The average molecular weight is 363 g/mol. The molecule has 0 N–H and O–H groups in total. The monoisotopic (exact) mass is 362 g/mol. The van der Waals surface area contributed by atoms with Crippen LogP contribution < -0.4 is 0 Å². The summed E-state index contributed by atoms with van der Waals surface area (Å²) in [5.41, 5.74) is 0.371. The Morgan fingerprint density at radius 1 is 1.28 bits per heavy atom. The normalized spacial score (nSPS) is 16.3. The molecular weight excluding hydrogens is 340 g/mol. The second-order valence-corrected chi connectivity index (χ2v) is 7.51. The zero-order chi connectivity index (χ0) is 17.9. The average Bonchev–Trinajstić information content (AvgIpc) is 3.23. The van der Waals surface area contributed by atoms with Crippen molar-refractivity contribution >= 4 is 17.6 Å². The van der Waals surface area contributed by atoms with E-state index in [1.165, 1.54) is 0 Å². The molecule has 3 rings (SSSR count). The van der Waals surface area contributed by atoms with Crippen LogP contribution >= 0.6 is 11.6 Å². The summed E-state index contributed by atoms with van der Waals surface area (Å²) >= 11 is 5.98. The van der Waals surface area contributed by atoms with Crippen molar-refractivity contribution in [2.45, 2.75) is 58.0 Å². The van der Waals surface area contributed by atoms with Crippen LogP contribution in [-0.2, 0) is 28.0 Å². The van der Waals surface area contributed by atoms with E-state index in [4.69, 9.17) is 20.9 Å². The number of benzene rings is 1. The molecule has 1 fully saturated rings. The van der Waals surface area contributed by atoms with Gasteiger partial charge in [-0.15, -0.1) is 0 Å². The van der Waals surface area contributed by atoms with Gasteiger partial charge in [0.25, 0.3) is 5.89 Å². The highest BCUT2D eigenvalue weighted by molar-refractivity contribution is 6.30. The second-order valence-electron chi connectivity index (χ2n) is 7.07. The van der Waals surface area contributed by atoms with Crippen molar-refractivity contribution in [2.24, 2.45) is 5.92 Å². The topological polar surface area (TPSA) is 65.2 Å². The maximum Gasteiger partial charge on any atom is 0.317 e. The van der Waals surface area contributed by atoms with E-state index < -0.39 is 5.41 Å². The molecule has 25 heavy (non-hydrogen) atoms. The molecule has 5 nitrogen and oxygen atoms in total. The second kappa shape index (κ2) is 7.56. The van der Waals surface area contributed by atoms with Gasteiger partial charge < -0.3 is 9.26 Å². The number of hydrogen-bond donors (Lipinski definition) is 0. The Morgan fingerprint density at radius 2 is 1.96 bits per heavy atom. The fraction of sp³-hybridized carbons (Fsp3) is 0.526. The summed E-state index contributed by atoms with van der Waals surface area (Å²) in [4.78, 5) is 17.1. The Morgan fingerprint density at radius 3 is 2.60 bits per heavy atom. The summed E-state index contributed by atoms with van der Waals surface area (Å²) in [6.07, 6.45) is 4.34. The Bertz CT molecular complexity index is 719. The molecule has 0 aliphatic heterocycles. The van der Waals surface area contributed by atoms with Crippen LogP contribution in [0.2, 0.25) is 5.02 Å². The van der Waals surface area contributed by atoms with Gasteiger partial charge in [0.05, 0.1) is 5.41 Å². The SMILES string of the molecule is CC(C)Cc1noc(COC(=O)C2(c3ccc(Cl)cc3)CCCC2)n1. The lowest BCUT2D eigenvalue weighted by Crippen LogP contribution is -2.34. The number of rotatable bonds is 6. The summed E-state index contributed by atoms with van der Waals surface area (Å²) < 4.78 is 10.7. The molecule has 1 aliphatic rings. The molecule has 2 aromatic rings. The first-order valence-electron chi connectivity index (χ1n) is 8.74. The number of nitrogens with zero attached hydrogens (tertiary/aromatic N) is 2. The van der Waals surface area contributed by atoms with E-state index in [1.807, 2.05) is 24.3 Å². The van der Waals surface area contributed by atoms with E-state index in [0.717, 1.165) is 37.7 Å². The zero-order valence-corrected chi connectivity index (χ0v) is 15.4. The van der Waals surface area contributed by atoms with Crippen molar-refractivity contribution in [1.82, 2.24) is 10.1 Å². The minimum Gasteiger partial charge on any atom is -0.455 e. The van der Waals surface area contributed by atoms with Gasteiger partial charge in [0.2, 0.25) is 0 Å². The number of hydrogen-bond acceptors (Lipinski definition) is 5. The van der Waals surface area contributed by atoms with Crippen molar-refractivity contribution in [3.05, 3.63) is 46.6 Å². The highest BCUT2D eigenvalue weighted by Gasteiger charge is 2.44. The van der Waals surface area contributed by atoms with Crippen LogP contribution in [-0.4, -0.2) is 16.1 Å². The molecule has 1 aliphatic carbocycles. The minimum absolute atomic E-state index is 0.0132. The lowest BCUT2D eigenvalue weighted by Gasteiger charge is -2.27. The van der Waals surface area contributed by atoms with Crippen molar-refractivity contribution < 1.29 is 14.1 Å². The molecule has 1 heterocycles. The van der Waals surface area contributed by atoms with Gasteiger partial charge in [-0.1, -0.05) is 55.6 Å². The highest BCUT2D eigenvalue weighted by atomic mass is 35.5. The van der Waals surface area contributed by atoms with Gasteiger partial charge in [0, 0.05) is 11.4 Å². The first kappa shape index (κ1) is 17.9. The molecule has 1 aromatic carbocycles. The van der Waals surface area contributed by atoms with Crippen molar-refractivity contribution in [2.75, 3.05) is 0 Å². The summed E-state index contributed by atoms with van der Waals surface area (Å²) in [6, 6.07) is 7.48. The Balaban J connectivity index is 1.69. The quantitative estimate of drug-likeness (QED) is 0.709. The molecule has 1 saturated carbocycles. The minimum atomic E-state index is -0.592. The van der Waals surface area contributed by atoms with E-state index in [-0.39, 0.29) is 12.6 Å². The number of ether oxygens (including phenoxy) is 1. The third kappa shape index (κ3) is 4.03. The Labute approximate surface area is 152 Å². The number of halogens is 1.